The van der Waals surface area contributed by atoms with Crippen LogP contribution in [-0.4, -0.2) is 35.5 Å². The van der Waals surface area contributed by atoms with Crippen molar-refractivity contribution in [1.82, 2.24) is 5.32 Å². The molecule has 0 aromatic heterocycles. The highest BCUT2D eigenvalue weighted by Crippen LogP contribution is 2.11. The fourth-order valence-electron chi connectivity index (χ4n) is 1.56. The van der Waals surface area contributed by atoms with Crippen molar-refractivity contribution >= 4 is 23.6 Å². The summed E-state index contributed by atoms with van der Waals surface area (Å²) in [7, 11) is 0. The van der Waals surface area contributed by atoms with Gasteiger partial charge in [0.05, 0.1) is 5.92 Å². The zero-order valence-electron chi connectivity index (χ0n) is 11.0. The van der Waals surface area contributed by atoms with Gasteiger partial charge in [-0.3, -0.25) is 9.59 Å². The number of hydrogen-bond donors (Lipinski definition) is 2. The van der Waals surface area contributed by atoms with Crippen LogP contribution in [0.15, 0.2) is 0 Å². The van der Waals surface area contributed by atoms with Crippen LogP contribution in [0.2, 0.25) is 0 Å². The normalized spacial score (nSPS) is 14.4. The molecule has 0 aliphatic heterocycles. The van der Waals surface area contributed by atoms with Crippen LogP contribution < -0.4 is 5.32 Å². The summed E-state index contributed by atoms with van der Waals surface area (Å²) in [5, 5.41) is 11.7. The second kappa shape index (κ2) is 8.39. The van der Waals surface area contributed by atoms with Crippen molar-refractivity contribution in [2.24, 2.45) is 17.8 Å². The lowest BCUT2D eigenvalue weighted by atomic mass is 9.97. The van der Waals surface area contributed by atoms with Crippen LogP contribution in [-0.2, 0) is 9.59 Å². The molecule has 1 amide bonds. The Kier molecular flexibility index (Phi) is 8.04. The molecule has 100 valence electrons. The molecule has 4 nitrogen and oxygen atoms in total. The molecule has 0 bridgehead atoms. The predicted molar refractivity (Wildman–Crippen MR) is 71.1 cm³/mol. The van der Waals surface area contributed by atoms with Crippen molar-refractivity contribution < 1.29 is 14.7 Å². The first-order chi connectivity index (χ1) is 7.88. The molecule has 2 atom stereocenters. The molecule has 0 radical (unpaired) electrons. The fraction of sp³-hybridized carbons (Fsp3) is 0.833. The highest BCUT2D eigenvalue weighted by Gasteiger charge is 2.21. The number of nitrogens with one attached hydrogen (secondary N) is 1. The monoisotopic (exact) mass is 261 g/mol. The Morgan fingerprint density at radius 2 is 1.88 bits per heavy atom. The average molecular weight is 261 g/mol. The Hall–Kier alpha value is -0.710. The zero-order chi connectivity index (χ0) is 13.4. The fourth-order valence-corrected chi connectivity index (χ4v) is 2.22. The van der Waals surface area contributed by atoms with Gasteiger partial charge in [0.15, 0.2) is 0 Å². The molecule has 2 unspecified atom stereocenters. The van der Waals surface area contributed by atoms with Crippen LogP contribution >= 0.6 is 11.8 Å². The largest absolute Gasteiger partial charge is 0.481 e. The van der Waals surface area contributed by atoms with Crippen molar-refractivity contribution in [2.45, 2.75) is 27.2 Å². The molecule has 0 aromatic carbocycles. The summed E-state index contributed by atoms with van der Waals surface area (Å²) in [6.45, 7) is 6.04. The summed E-state index contributed by atoms with van der Waals surface area (Å²) in [5.41, 5.74) is 0. The summed E-state index contributed by atoms with van der Waals surface area (Å²) in [6, 6.07) is 0. The molecule has 2 N–H and O–H groups in total. The molecule has 0 aromatic rings. The minimum absolute atomic E-state index is 0.0608. The molecular formula is C12H23NO3S. The average Bonchev–Trinajstić information content (AvgIpc) is 2.23. The third-order valence-electron chi connectivity index (χ3n) is 2.49. The van der Waals surface area contributed by atoms with E-state index in [0.29, 0.717) is 12.3 Å². The van der Waals surface area contributed by atoms with Crippen LogP contribution in [0, 0.1) is 17.8 Å². The van der Waals surface area contributed by atoms with Gasteiger partial charge in [-0.2, -0.15) is 11.8 Å². The minimum atomic E-state index is -0.837. The molecule has 0 heterocycles. The second-order valence-corrected chi connectivity index (χ2v) is 5.68. The molecule has 17 heavy (non-hydrogen) atoms. The summed E-state index contributed by atoms with van der Waals surface area (Å²) >= 11 is 1.61. The smallest absolute Gasteiger partial charge is 0.308 e. The first-order valence-corrected chi connectivity index (χ1v) is 7.27. The predicted octanol–water partition coefficient (Wildman–Crippen LogP) is 1.85. The van der Waals surface area contributed by atoms with E-state index in [0.717, 1.165) is 5.75 Å². The molecule has 0 aliphatic carbocycles. The van der Waals surface area contributed by atoms with E-state index in [1.807, 2.05) is 27.0 Å². The SMILES string of the molecule is CSCC(C)C(=O)NCC(CC(C)C)C(=O)O. The van der Waals surface area contributed by atoms with Gasteiger partial charge in [-0.15, -0.1) is 0 Å². The highest BCUT2D eigenvalue weighted by molar-refractivity contribution is 7.98. The summed E-state index contributed by atoms with van der Waals surface area (Å²) < 4.78 is 0. The van der Waals surface area contributed by atoms with Crippen LogP contribution in [0.3, 0.4) is 0 Å². The van der Waals surface area contributed by atoms with Crippen molar-refractivity contribution in [3.8, 4) is 0 Å². The van der Waals surface area contributed by atoms with Gasteiger partial charge in [0.25, 0.3) is 0 Å². The zero-order valence-corrected chi connectivity index (χ0v) is 11.8. The second-order valence-electron chi connectivity index (χ2n) is 4.77. The molecule has 5 heteroatoms. The van der Waals surface area contributed by atoms with E-state index >= 15 is 0 Å². The summed E-state index contributed by atoms with van der Waals surface area (Å²) in [5.74, 6) is -0.380. The number of thioether (sulfide) groups is 1. The maximum absolute atomic E-state index is 11.6. The molecule has 0 saturated carbocycles. The van der Waals surface area contributed by atoms with E-state index < -0.39 is 11.9 Å². The lowest BCUT2D eigenvalue weighted by Crippen LogP contribution is -2.37. The number of rotatable bonds is 8. The van der Waals surface area contributed by atoms with E-state index in [2.05, 4.69) is 5.32 Å². The number of carbonyl (C=O) groups is 2. The maximum atomic E-state index is 11.6. The van der Waals surface area contributed by atoms with Gasteiger partial charge in [0, 0.05) is 18.2 Å². The number of aliphatic carboxylic acids is 1. The quantitative estimate of drug-likeness (QED) is 0.700. The van der Waals surface area contributed by atoms with Gasteiger partial charge in [0.1, 0.15) is 0 Å². The van der Waals surface area contributed by atoms with Crippen molar-refractivity contribution in [2.75, 3.05) is 18.6 Å². The van der Waals surface area contributed by atoms with Gasteiger partial charge in [-0.05, 0) is 18.6 Å². The Balaban J connectivity index is 4.12. The first kappa shape index (κ1) is 16.3. The van der Waals surface area contributed by atoms with E-state index in [-0.39, 0.29) is 18.4 Å². The Morgan fingerprint density at radius 3 is 2.29 bits per heavy atom. The molecule has 0 saturated heterocycles. The molecule has 0 aliphatic rings. The topological polar surface area (TPSA) is 66.4 Å². The lowest BCUT2D eigenvalue weighted by Gasteiger charge is -2.17. The van der Waals surface area contributed by atoms with Gasteiger partial charge in [0.2, 0.25) is 5.91 Å². The standard InChI is InChI=1S/C12H23NO3S/c1-8(2)5-10(12(15)16)6-13-11(14)9(3)7-17-4/h8-10H,5-7H2,1-4H3,(H,13,14)(H,15,16). The lowest BCUT2D eigenvalue weighted by molar-refractivity contribution is -0.142. The third-order valence-corrected chi connectivity index (χ3v) is 3.33. The van der Waals surface area contributed by atoms with Gasteiger partial charge < -0.3 is 10.4 Å². The van der Waals surface area contributed by atoms with E-state index in [1.54, 1.807) is 11.8 Å². The number of hydrogen-bond acceptors (Lipinski definition) is 3. The van der Waals surface area contributed by atoms with Gasteiger partial charge in [-0.1, -0.05) is 20.8 Å². The first-order valence-electron chi connectivity index (χ1n) is 5.87. The number of carbonyl (C=O) groups excluding carboxylic acids is 1. The minimum Gasteiger partial charge on any atom is -0.481 e. The van der Waals surface area contributed by atoms with E-state index in [9.17, 15) is 9.59 Å². The summed E-state index contributed by atoms with van der Waals surface area (Å²) in [4.78, 5) is 22.6. The number of amides is 1. The molecule has 0 rings (SSSR count). The van der Waals surface area contributed by atoms with Crippen molar-refractivity contribution in [1.29, 1.82) is 0 Å². The van der Waals surface area contributed by atoms with Crippen LogP contribution in [0.25, 0.3) is 0 Å². The highest BCUT2D eigenvalue weighted by atomic mass is 32.2. The molecule has 0 fully saturated rings. The number of carboxylic acids is 1. The maximum Gasteiger partial charge on any atom is 0.308 e. The van der Waals surface area contributed by atoms with Crippen molar-refractivity contribution in [3.63, 3.8) is 0 Å². The van der Waals surface area contributed by atoms with E-state index in [1.165, 1.54) is 0 Å². The molecular weight excluding hydrogens is 238 g/mol. The summed E-state index contributed by atoms with van der Waals surface area (Å²) in [6.07, 6.45) is 2.54. The Morgan fingerprint density at radius 1 is 1.29 bits per heavy atom. The van der Waals surface area contributed by atoms with Gasteiger partial charge >= 0.3 is 5.97 Å². The molecule has 0 spiro atoms. The van der Waals surface area contributed by atoms with Crippen LogP contribution in [0.4, 0.5) is 0 Å². The Labute approximate surface area is 108 Å². The van der Waals surface area contributed by atoms with Crippen LogP contribution in [0.5, 0.6) is 0 Å². The Bertz CT molecular complexity index is 256. The van der Waals surface area contributed by atoms with E-state index in [4.69, 9.17) is 5.11 Å². The third kappa shape index (κ3) is 7.26. The van der Waals surface area contributed by atoms with Gasteiger partial charge in [-0.25, -0.2) is 0 Å². The number of carboxylic acid groups (broad SMARTS) is 1. The van der Waals surface area contributed by atoms with Crippen molar-refractivity contribution in [3.05, 3.63) is 0 Å². The van der Waals surface area contributed by atoms with Crippen LogP contribution in [0.1, 0.15) is 27.2 Å².